The number of hydrogen-bond acceptors (Lipinski definition) is 7. The third-order valence-corrected chi connectivity index (χ3v) is 6.76. The van der Waals surface area contributed by atoms with Gasteiger partial charge in [-0.2, -0.15) is 5.26 Å². The Morgan fingerprint density at radius 1 is 1.09 bits per heavy atom. The summed E-state index contributed by atoms with van der Waals surface area (Å²) in [5.74, 6) is 0.167. The summed E-state index contributed by atoms with van der Waals surface area (Å²) in [4.78, 5) is 39.3. The molecule has 0 spiro atoms. The van der Waals surface area contributed by atoms with E-state index in [4.69, 9.17) is 11.0 Å². The van der Waals surface area contributed by atoms with Crippen LogP contribution >= 0.6 is 0 Å². The topological polar surface area (TPSA) is 131 Å². The molecule has 0 bridgehead atoms. The molecular weight excluding hydrogens is 444 g/mol. The summed E-state index contributed by atoms with van der Waals surface area (Å²) in [6, 6.07) is 9.58. The predicted molar refractivity (Wildman–Crippen MR) is 132 cm³/mol. The number of nitrogens with zero attached hydrogens (tertiary/aromatic N) is 6. The van der Waals surface area contributed by atoms with E-state index in [-0.39, 0.29) is 24.2 Å². The van der Waals surface area contributed by atoms with Gasteiger partial charge in [0.2, 0.25) is 11.9 Å². The molecule has 3 amide bonds. The highest BCUT2D eigenvalue weighted by Gasteiger charge is 2.35. The molecule has 0 radical (unpaired) electrons. The summed E-state index contributed by atoms with van der Waals surface area (Å²) >= 11 is 0. The van der Waals surface area contributed by atoms with Crippen LogP contribution in [-0.2, 0) is 6.54 Å². The van der Waals surface area contributed by atoms with Gasteiger partial charge < -0.3 is 20.9 Å². The summed E-state index contributed by atoms with van der Waals surface area (Å²) in [7, 11) is 0. The molecule has 0 aliphatic carbocycles. The lowest BCUT2D eigenvalue weighted by molar-refractivity contribution is 0.1000. The third kappa shape index (κ3) is 5.87. The molecule has 10 heteroatoms. The molecule has 10 nitrogen and oxygen atoms in total. The Hall–Kier alpha value is -3.71. The molecule has 0 saturated carbocycles. The van der Waals surface area contributed by atoms with Gasteiger partial charge in [0, 0.05) is 56.4 Å². The number of nitrogens with one attached hydrogen (secondary N) is 1. The SMILES string of the molecule is C[C@@H]1CN(c2ncc(C#N)cn2)C[C@H](C)N1C(=O)NC1CCN(Cc2ccc(C(N)=O)cc2)CC1. The second-order valence-electron chi connectivity index (χ2n) is 9.45. The Bertz CT molecular complexity index is 1060. The highest BCUT2D eigenvalue weighted by Crippen LogP contribution is 2.21. The zero-order valence-electron chi connectivity index (χ0n) is 20.2. The molecule has 0 unspecified atom stereocenters. The molecule has 2 fully saturated rings. The Morgan fingerprint density at radius 2 is 1.69 bits per heavy atom. The van der Waals surface area contributed by atoms with Crippen molar-refractivity contribution in [3.05, 3.63) is 53.3 Å². The molecule has 3 N–H and O–H groups in total. The van der Waals surface area contributed by atoms with Gasteiger partial charge in [0.1, 0.15) is 6.07 Å². The van der Waals surface area contributed by atoms with Gasteiger partial charge in [-0.3, -0.25) is 9.69 Å². The van der Waals surface area contributed by atoms with Crippen LogP contribution in [0.4, 0.5) is 10.7 Å². The van der Waals surface area contributed by atoms with Gasteiger partial charge in [-0.25, -0.2) is 14.8 Å². The van der Waals surface area contributed by atoms with E-state index in [0.29, 0.717) is 30.2 Å². The Kier molecular flexibility index (Phi) is 7.46. The average molecular weight is 477 g/mol. The zero-order chi connectivity index (χ0) is 24.9. The fourth-order valence-corrected chi connectivity index (χ4v) is 4.95. The van der Waals surface area contributed by atoms with Crippen molar-refractivity contribution < 1.29 is 9.59 Å². The first-order chi connectivity index (χ1) is 16.8. The van der Waals surface area contributed by atoms with Gasteiger partial charge in [-0.1, -0.05) is 12.1 Å². The van der Waals surface area contributed by atoms with Crippen LogP contribution in [0.5, 0.6) is 0 Å². The maximum atomic E-state index is 13.2. The molecule has 1 aromatic carbocycles. The van der Waals surface area contributed by atoms with Crippen LogP contribution in [0.15, 0.2) is 36.7 Å². The number of piperazine rings is 1. The van der Waals surface area contributed by atoms with E-state index in [2.05, 4.69) is 25.1 Å². The van der Waals surface area contributed by atoms with Crippen molar-refractivity contribution >= 4 is 17.9 Å². The highest BCUT2D eigenvalue weighted by molar-refractivity contribution is 5.92. The molecule has 2 saturated heterocycles. The number of rotatable bonds is 5. The van der Waals surface area contributed by atoms with Gasteiger partial charge in [0.15, 0.2) is 0 Å². The number of hydrogen-bond donors (Lipinski definition) is 2. The van der Waals surface area contributed by atoms with Crippen molar-refractivity contribution in [3.63, 3.8) is 0 Å². The Labute approximate surface area is 205 Å². The lowest BCUT2D eigenvalue weighted by Crippen LogP contribution is -2.62. The monoisotopic (exact) mass is 476 g/mol. The largest absolute Gasteiger partial charge is 0.366 e. The average Bonchev–Trinajstić information content (AvgIpc) is 2.85. The number of piperidine rings is 1. The van der Waals surface area contributed by atoms with Crippen LogP contribution in [0.25, 0.3) is 0 Å². The molecule has 35 heavy (non-hydrogen) atoms. The van der Waals surface area contributed by atoms with Crippen molar-refractivity contribution in [1.82, 2.24) is 25.1 Å². The minimum absolute atomic E-state index is 0.00135. The Balaban J connectivity index is 1.26. The minimum Gasteiger partial charge on any atom is -0.366 e. The molecule has 2 aliphatic rings. The molecular formula is C25H32N8O2. The first kappa shape index (κ1) is 24.4. The maximum Gasteiger partial charge on any atom is 0.318 e. The fourth-order valence-electron chi connectivity index (χ4n) is 4.95. The van der Waals surface area contributed by atoms with Crippen molar-refractivity contribution in [1.29, 1.82) is 5.26 Å². The molecule has 2 aliphatic heterocycles. The van der Waals surface area contributed by atoms with E-state index in [0.717, 1.165) is 38.0 Å². The highest BCUT2D eigenvalue weighted by atomic mass is 16.2. The van der Waals surface area contributed by atoms with Crippen molar-refractivity contribution in [2.45, 2.75) is 51.4 Å². The fraction of sp³-hybridized carbons (Fsp3) is 0.480. The van der Waals surface area contributed by atoms with Crippen molar-refractivity contribution in [2.24, 2.45) is 5.73 Å². The summed E-state index contributed by atoms with van der Waals surface area (Å²) in [5.41, 5.74) is 7.40. The van der Waals surface area contributed by atoms with E-state index >= 15 is 0 Å². The smallest absolute Gasteiger partial charge is 0.318 e. The second kappa shape index (κ2) is 10.7. The van der Waals surface area contributed by atoms with Crippen LogP contribution < -0.4 is 16.0 Å². The Morgan fingerprint density at radius 3 is 2.23 bits per heavy atom. The molecule has 1 aromatic heterocycles. The zero-order valence-corrected chi connectivity index (χ0v) is 20.2. The number of amides is 3. The van der Waals surface area contributed by atoms with Crippen LogP contribution in [0.3, 0.4) is 0 Å². The number of nitriles is 1. The van der Waals surface area contributed by atoms with Gasteiger partial charge in [0.05, 0.1) is 18.0 Å². The predicted octanol–water partition coefficient (Wildman–Crippen LogP) is 1.72. The van der Waals surface area contributed by atoms with E-state index in [1.54, 1.807) is 12.1 Å². The summed E-state index contributed by atoms with van der Waals surface area (Å²) in [6.07, 6.45) is 4.85. The molecule has 2 aromatic rings. The van der Waals surface area contributed by atoms with E-state index in [9.17, 15) is 9.59 Å². The number of carbonyl (C=O) groups is 2. The van der Waals surface area contributed by atoms with E-state index in [1.165, 1.54) is 12.4 Å². The standard InChI is InChI=1S/C25H32N8O2/c1-17-14-32(24-28-12-20(11-26)13-29-24)15-18(2)33(17)25(35)30-22-7-9-31(10-8-22)16-19-3-5-21(6-4-19)23(27)34/h3-6,12-13,17-18,22H,7-10,14-16H2,1-2H3,(H2,27,34)(H,30,35)/t17-,18+. The number of urea groups is 1. The van der Waals surface area contributed by atoms with Crippen molar-refractivity contribution in [3.8, 4) is 6.07 Å². The lowest BCUT2D eigenvalue weighted by Gasteiger charge is -2.45. The van der Waals surface area contributed by atoms with Gasteiger partial charge in [-0.05, 0) is 44.4 Å². The van der Waals surface area contributed by atoms with Crippen LogP contribution in [0.2, 0.25) is 0 Å². The second-order valence-corrected chi connectivity index (χ2v) is 9.45. The molecule has 3 heterocycles. The number of benzene rings is 1. The van der Waals surface area contributed by atoms with Crippen molar-refractivity contribution in [2.75, 3.05) is 31.1 Å². The van der Waals surface area contributed by atoms with Crippen LogP contribution in [0, 0.1) is 11.3 Å². The normalized spacial score (nSPS) is 21.4. The van der Waals surface area contributed by atoms with E-state index in [1.807, 2.05) is 36.9 Å². The number of anilines is 1. The summed E-state index contributed by atoms with van der Waals surface area (Å²) in [6.45, 7) is 7.96. The minimum atomic E-state index is -0.416. The quantitative estimate of drug-likeness (QED) is 0.672. The third-order valence-electron chi connectivity index (χ3n) is 6.76. The van der Waals surface area contributed by atoms with Crippen LogP contribution in [-0.4, -0.2) is 76.0 Å². The van der Waals surface area contributed by atoms with Gasteiger partial charge >= 0.3 is 6.03 Å². The number of likely N-dealkylation sites (tertiary alicyclic amines) is 1. The number of aromatic nitrogens is 2. The van der Waals surface area contributed by atoms with E-state index < -0.39 is 5.91 Å². The molecule has 184 valence electrons. The number of carbonyl (C=O) groups excluding carboxylic acids is 2. The summed E-state index contributed by atoms with van der Waals surface area (Å²) < 4.78 is 0. The van der Waals surface area contributed by atoms with Gasteiger partial charge in [-0.15, -0.1) is 0 Å². The van der Waals surface area contributed by atoms with Crippen LogP contribution in [0.1, 0.15) is 48.2 Å². The first-order valence-corrected chi connectivity index (χ1v) is 12.0. The number of primary amides is 1. The summed E-state index contributed by atoms with van der Waals surface area (Å²) in [5, 5.41) is 12.2. The number of nitrogens with two attached hydrogens (primary N) is 1. The lowest BCUT2D eigenvalue weighted by atomic mass is 10.0. The maximum absolute atomic E-state index is 13.2. The first-order valence-electron chi connectivity index (χ1n) is 12.0. The molecule has 4 rings (SSSR count). The van der Waals surface area contributed by atoms with Gasteiger partial charge in [0.25, 0.3) is 0 Å². The molecule has 2 atom stereocenters.